The van der Waals surface area contributed by atoms with Gasteiger partial charge >= 0.3 is 5.97 Å². The van der Waals surface area contributed by atoms with Crippen molar-refractivity contribution < 1.29 is 19.3 Å². The molecule has 0 aliphatic carbocycles. The van der Waals surface area contributed by atoms with Crippen molar-refractivity contribution in [2.45, 2.75) is 25.9 Å². The fourth-order valence-electron chi connectivity index (χ4n) is 2.29. The molecular formula is C19H18O4. The Morgan fingerprint density at radius 3 is 2.61 bits per heavy atom. The van der Waals surface area contributed by atoms with Gasteiger partial charge in [0.2, 0.25) is 0 Å². The van der Waals surface area contributed by atoms with Gasteiger partial charge in [-0.05, 0) is 43.2 Å². The van der Waals surface area contributed by atoms with E-state index < -0.39 is 5.60 Å². The first kappa shape index (κ1) is 15.2. The maximum Gasteiger partial charge on any atom is 0.311 e. The van der Waals surface area contributed by atoms with Gasteiger partial charge in [0.25, 0.3) is 0 Å². The number of benzene rings is 2. The topological polar surface area (TPSA) is 44.8 Å². The Morgan fingerprint density at radius 1 is 1.17 bits per heavy atom. The van der Waals surface area contributed by atoms with Gasteiger partial charge in [-0.3, -0.25) is 14.6 Å². The van der Waals surface area contributed by atoms with Gasteiger partial charge in [-0.25, -0.2) is 0 Å². The molecule has 2 bridgehead atoms. The average Bonchev–Trinajstić information content (AvgIpc) is 2.89. The lowest BCUT2D eigenvalue weighted by Gasteiger charge is -2.20. The molecule has 2 aromatic rings. The van der Waals surface area contributed by atoms with Crippen LogP contribution in [-0.2, 0) is 16.0 Å². The molecule has 0 radical (unpaired) electrons. The van der Waals surface area contributed by atoms with Crippen LogP contribution in [0.5, 0.6) is 11.5 Å². The highest BCUT2D eigenvalue weighted by molar-refractivity contribution is 5.75. The number of esters is 1. The van der Waals surface area contributed by atoms with Gasteiger partial charge in [0.1, 0.15) is 5.60 Å². The molecule has 23 heavy (non-hydrogen) atoms. The summed E-state index contributed by atoms with van der Waals surface area (Å²) in [6.45, 7) is 7.26. The van der Waals surface area contributed by atoms with E-state index in [0.717, 1.165) is 16.7 Å². The Bertz CT molecular complexity index is 744. The smallest absolute Gasteiger partial charge is 0.311 e. The summed E-state index contributed by atoms with van der Waals surface area (Å²) in [6, 6.07) is 13.4. The van der Waals surface area contributed by atoms with Gasteiger partial charge in [-0.1, -0.05) is 30.8 Å². The molecule has 4 heteroatoms. The van der Waals surface area contributed by atoms with Crippen molar-refractivity contribution in [3.8, 4) is 22.6 Å². The summed E-state index contributed by atoms with van der Waals surface area (Å²) in [5.41, 5.74) is 2.19. The summed E-state index contributed by atoms with van der Waals surface area (Å²) in [4.78, 5) is 22.1. The van der Waals surface area contributed by atoms with Crippen molar-refractivity contribution in [2.24, 2.45) is 0 Å². The number of carbonyl (C=O) groups excluding carboxylic acids is 1. The minimum absolute atomic E-state index is 0.225. The molecule has 0 amide bonds. The molecule has 0 N–H and O–H groups in total. The van der Waals surface area contributed by atoms with E-state index in [4.69, 9.17) is 14.5 Å². The Balaban J connectivity index is 1.71. The van der Waals surface area contributed by atoms with Gasteiger partial charge in [-0.15, -0.1) is 0 Å². The third kappa shape index (κ3) is 3.37. The van der Waals surface area contributed by atoms with Crippen molar-refractivity contribution in [1.82, 2.24) is 0 Å². The second-order valence-electron chi connectivity index (χ2n) is 5.98. The van der Waals surface area contributed by atoms with E-state index in [1.807, 2.05) is 42.5 Å². The SMILES string of the molecule is C=CC(C)(C)OC(=O)Cc1ccc(-c2ccc3cc2OO3)cc1. The molecule has 0 aromatic heterocycles. The largest absolute Gasteiger partial charge is 0.455 e. The standard InChI is InChI=1S/C19H18O4/c1-4-19(2,3)21-18(20)11-13-5-7-14(8-6-13)16-10-9-15-12-17(16)23-22-15/h4-10,12H,1,11H2,2-3H3. The van der Waals surface area contributed by atoms with Crippen LogP contribution < -0.4 is 9.78 Å². The van der Waals surface area contributed by atoms with E-state index in [2.05, 4.69) is 6.58 Å². The molecular weight excluding hydrogens is 292 g/mol. The molecule has 1 heterocycles. The van der Waals surface area contributed by atoms with Crippen molar-refractivity contribution >= 4 is 5.97 Å². The first-order chi connectivity index (χ1) is 11.0. The molecule has 0 spiro atoms. The average molecular weight is 310 g/mol. The first-order valence-corrected chi connectivity index (χ1v) is 7.40. The van der Waals surface area contributed by atoms with Crippen molar-refractivity contribution in [1.29, 1.82) is 0 Å². The van der Waals surface area contributed by atoms with Crippen LogP contribution in [0.4, 0.5) is 0 Å². The predicted octanol–water partition coefficient (Wildman–Crippen LogP) is 4.09. The van der Waals surface area contributed by atoms with Gasteiger partial charge < -0.3 is 4.74 Å². The molecule has 1 aliphatic heterocycles. The summed E-state index contributed by atoms with van der Waals surface area (Å²) in [5.74, 6) is 1.12. The lowest BCUT2D eigenvalue weighted by atomic mass is 10.0. The van der Waals surface area contributed by atoms with Crippen molar-refractivity contribution in [2.75, 3.05) is 0 Å². The Labute approximate surface area is 135 Å². The van der Waals surface area contributed by atoms with E-state index >= 15 is 0 Å². The molecule has 3 rings (SSSR count). The van der Waals surface area contributed by atoms with Crippen LogP contribution in [0.1, 0.15) is 19.4 Å². The van der Waals surface area contributed by atoms with Crippen molar-refractivity contribution in [3.63, 3.8) is 0 Å². The van der Waals surface area contributed by atoms with Gasteiger partial charge in [0, 0.05) is 11.6 Å². The molecule has 0 saturated carbocycles. The summed E-state index contributed by atoms with van der Waals surface area (Å²) in [7, 11) is 0. The number of rotatable bonds is 5. The fourth-order valence-corrected chi connectivity index (χ4v) is 2.29. The summed E-state index contributed by atoms with van der Waals surface area (Å²) < 4.78 is 5.36. The number of fused-ring (bicyclic) bond motifs is 2. The molecule has 0 atom stereocenters. The van der Waals surface area contributed by atoms with Crippen LogP contribution in [0.15, 0.2) is 55.1 Å². The second-order valence-corrected chi connectivity index (χ2v) is 5.98. The predicted molar refractivity (Wildman–Crippen MR) is 87.2 cm³/mol. The van der Waals surface area contributed by atoms with E-state index in [0.29, 0.717) is 11.5 Å². The Morgan fingerprint density at radius 2 is 1.91 bits per heavy atom. The highest BCUT2D eigenvalue weighted by atomic mass is 17.2. The van der Waals surface area contributed by atoms with E-state index in [9.17, 15) is 4.79 Å². The Kier molecular flexibility index (Phi) is 3.82. The van der Waals surface area contributed by atoms with Crippen LogP contribution in [-0.4, -0.2) is 11.6 Å². The monoisotopic (exact) mass is 310 g/mol. The van der Waals surface area contributed by atoms with E-state index in [-0.39, 0.29) is 12.4 Å². The number of carbonyl (C=O) groups is 1. The molecule has 1 aliphatic rings. The molecule has 118 valence electrons. The van der Waals surface area contributed by atoms with Gasteiger partial charge in [0.15, 0.2) is 11.5 Å². The number of ether oxygens (including phenoxy) is 1. The third-order valence-corrected chi connectivity index (χ3v) is 3.66. The van der Waals surface area contributed by atoms with E-state index in [1.165, 1.54) is 0 Å². The van der Waals surface area contributed by atoms with Crippen LogP contribution >= 0.6 is 0 Å². The molecule has 0 fully saturated rings. The van der Waals surface area contributed by atoms with Crippen LogP contribution in [0.25, 0.3) is 11.1 Å². The lowest BCUT2D eigenvalue weighted by Crippen LogP contribution is -2.26. The normalized spacial score (nSPS) is 12.3. The highest BCUT2D eigenvalue weighted by Gasteiger charge is 2.19. The van der Waals surface area contributed by atoms with Crippen LogP contribution in [0.3, 0.4) is 0 Å². The summed E-state index contributed by atoms with van der Waals surface area (Å²) >= 11 is 0. The molecule has 0 unspecified atom stereocenters. The zero-order valence-corrected chi connectivity index (χ0v) is 13.2. The second kappa shape index (κ2) is 5.80. The van der Waals surface area contributed by atoms with Gasteiger partial charge in [-0.2, -0.15) is 0 Å². The maximum atomic E-state index is 11.9. The molecule has 2 aromatic carbocycles. The van der Waals surface area contributed by atoms with Gasteiger partial charge in [0.05, 0.1) is 6.42 Å². The number of hydrogen-bond acceptors (Lipinski definition) is 4. The summed E-state index contributed by atoms with van der Waals surface area (Å²) in [5, 5.41) is 0. The quantitative estimate of drug-likeness (QED) is 0.474. The lowest BCUT2D eigenvalue weighted by molar-refractivity contribution is -0.151. The highest BCUT2D eigenvalue weighted by Crippen LogP contribution is 2.37. The molecule has 0 saturated heterocycles. The zero-order chi connectivity index (χ0) is 16.4. The maximum absolute atomic E-state index is 11.9. The third-order valence-electron chi connectivity index (χ3n) is 3.66. The number of hydrogen-bond donors (Lipinski definition) is 0. The van der Waals surface area contributed by atoms with Crippen molar-refractivity contribution in [3.05, 3.63) is 60.7 Å². The minimum Gasteiger partial charge on any atom is -0.455 e. The molecule has 4 nitrogen and oxygen atoms in total. The Hall–Kier alpha value is -2.75. The van der Waals surface area contributed by atoms with Crippen LogP contribution in [0, 0.1) is 0 Å². The summed E-state index contributed by atoms with van der Waals surface area (Å²) in [6.07, 6.45) is 1.84. The van der Waals surface area contributed by atoms with Crippen LogP contribution in [0.2, 0.25) is 0 Å². The fraction of sp³-hybridized carbons (Fsp3) is 0.211. The minimum atomic E-state index is -0.653. The first-order valence-electron chi connectivity index (χ1n) is 7.40. The van der Waals surface area contributed by atoms with E-state index in [1.54, 1.807) is 19.9 Å². The zero-order valence-electron chi connectivity index (χ0n) is 13.2.